The largest absolute Gasteiger partial charge is 0.478 e. The van der Waals surface area contributed by atoms with E-state index in [1.807, 2.05) is 68.4 Å². The molecule has 0 aliphatic heterocycles. The van der Waals surface area contributed by atoms with Gasteiger partial charge >= 0.3 is 11.9 Å². The Morgan fingerprint density at radius 2 is 1.71 bits per heavy atom. The van der Waals surface area contributed by atoms with Crippen LogP contribution in [0.2, 0.25) is 0 Å². The van der Waals surface area contributed by atoms with Crippen molar-refractivity contribution < 1.29 is 24.2 Å². The lowest BCUT2D eigenvalue weighted by molar-refractivity contribution is -0.150. The van der Waals surface area contributed by atoms with Gasteiger partial charge in [0.1, 0.15) is 18.1 Å². The third-order valence-electron chi connectivity index (χ3n) is 5.22. The molecule has 1 unspecified atom stereocenters. The van der Waals surface area contributed by atoms with Crippen LogP contribution in [0.15, 0.2) is 66.2 Å². The molecule has 3 rings (SSSR count). The topological polar surface area (TPSA) is 72.8 Å². The van der Waals surface area contributed by atoms with Crippen molar-refractivity contribution >= 4 is 11.9 Å². The van der Waals surface area contributed by atoms with Gasteiger partial charge in [0.2, 0.25) is 0 Å². The molecular formula is C23H24O5. The Hall–Kier alpha value is -3.08. The molecule has 5 nitrogen and oxygen atoms in total. The molecule has 0 amide bonds. The molecule has 1 saturated carbocycles. The Morgan fingerprint density at radius 3 is 2.32 bits per heavy atom. The van der Waals surface area contributed by atoms with Crippen molar-refractivity contribution in [3.63, 3.8) is 0 Å². The van der Waals surface area contributed by atoms with Crippen LogP contribution < -0.4 is 4.74 Å². The predicted octanol–water partition coefficient (Wildman–Crippen LogP) is 4.97. The monoisotopic (exact) mass is 380 g/mol. The lowest BCUT2D eigenvalue weighted by Crippen LogP contribution is -2.23. The standard InChI is InChI=1S/C23H24O5/c1-16(20(24)25)13-23(15-22(23,2)3)21(26)27-14-17-8-7-11-19(12-17)28-18-9-5-4-6-10-18/h4-13H,14-15H2,1-3H3,(H,24,25). The molecule has 0 saturated heterocycles. The van der Waals surface area contributed by atoms with Gasteiger partial charge in [-0.05, 0) is 48.6 Å². The molecular weight excluding hydrogens is 356 g/mol. The van der Waals surface area contributed by atoms with Crippen LogP contribution in [0.5, 0.6) is 11.5 Å². The van der Waals surface area contributed by atoms with E-state index in [-0.39, 0.29) is 17.6 Å². The Labute approximate surface area is 164 Å². The van der Waals surface area contributed by atoms with E-state index in [1.165, 1.54) is 13.0 Å². The number of carbonyl (C=O) groups is 2. The van der Waals surface area contributed by atoms with Gasteiger partial charge in [-0.1, -0.05) is 50.3 Å². The SMILES string of the molecule is CC(=CC1(C(=O)OCc2cccc(Oc3ccccc3)c2)CC1(C)C)C(=O)O. The van der Waals surface area contributed by atoms with E-state index in [1.54, 1.807) is 0 Å². The molecule has 1 fully saturated rings. The highest BCUT2D eigenvalue weighted by Gasteiger charge is 2.66. The normalized spacial score (nSPS) is 20.3. The first-order valence-electron chi connectivity index (χ1n) is 9.15. The van der Waals surface area contributed by atoms with E-state index in [4.69, 9.17) is 14.6 Å². The second kappa shape index (κ2) is 7.50. The van der Waals surface area contributed by atoms with Crippen molar-refractivity contribution in [2.24, 2.45) is 10.8 Å². The Balaban J connectivity index is 1.68. The Bertz CT molecular complexity index is 914. The molecule has 1 atom stereocenters. The maximum absolute atomic E-state index is 12.8. The lowest BCUT2D eigenvalue weighted by Gasteiger charge is -2.16. The Morgan fingerprint density at radius 1 is 1.07 bits per heavy atom. The fourth-order valence-corrected chi connectivity index (χ4v) is 3.34. The third-order valence-corrected chi connectivity index (χ3v) is 5.22. The van der Waals surface area contributed by atoms with E-state index < -0.39 is 17.4 Å². The summed E-state index contributed by atoms with van der Waals surface area (Å²) in [5.74, 6) is -0.0411. The first-order valence-corrected chi connectivity index (χ1v) is 9.15. The number of aliphatic carboxylic acids is 1. The van der Waals surface area contributed by atoms with E-state index in [0.717, 1.165) is 11.3 Å². The number of esters is 1. The van der Waals surface area contributed by atoms with Crippen LogP contribution in [0, 0.1) is 10.8 Å². The van der Waals surface area contributed by atoms with Crippen molar-refractivity contribution in [2.75, 3.05) is 0 Å². The molecule has 0 bridgehead atoms. The number of carboxylic acids is 1. The van der Waals surface area contributed by atoms with Crippen LogP contribution in [0.1, 0.15) is 32.8 Å². The molecule has 2 aromatic rings. The van der Waals surface area contributed by atoms with Crippen LogP contribution in [-0.2, 0) is 20.9 Å². The van der Waals surface area contributed by atoms with Gasteiger partial charge in [0.15, 0.2) is 0 Å². The first kappa shape index (κ1) is 19.7. The van der Waals surface area contributed by atoms with Crippen LogP contribution in [0.4, 0.5) is 0 Å². The van der Waals surface area contributed by atoms with E-state index in [9.17, 15) is 9.59 Å². The Kier molecular flexibility index (Phi) is 5.27. The molecule has 5 heteroatoms. The van der Waals surface area contributed by atoms with Gasteiger partial charge in [0, 0.05) is 5.57 Å². The fraction of sp³-hybridized carbons (Fsp3) is 0.304. The number of carboxylic acid groups (broad SMARTS) is 1. The molecule has 146 valence electrons. The molecule has 1 aliphatic rings. The fourth-order valence-electron chi connectivity index (χ4n) is 3.34. The number of hydrogen-bond donors (Lipinski definition) is 1. The van der Waals surface area contributed by atoms with Crippen molar-refractivity contribution in [3.05, 3.63) is 71.8 Å². The molecule has 28 heavy (non-hydrogen) atoms. The van der Waals surface area contributed by atoms with Gasteiger partial charge in [-0.15, -0.1) is 0 Å². The lowest BCUT2D eigenvalue weighted by atomic mass is 9.93. The molecule has 0 spiro atoms. The van der Waals surface area contributed by atoms with Gasteiger partial charge in [-0.25, -0.2) is 4.79 Å². The smallest absolute Gasteiger partial charge is 0.330 e. The van der Waals surface area contributed by atoms with Crippen LogP contribution in [0.3, 0.4) is 0 Å². The second-order valence-electron chi connectivity index (χ2n) is 7.80. The zero-order valence-electron chi connectivity index (χ0n) is 16.3. The molecule has 2 aromatic carbocycles. The molecule has 0 heterocycles. The summed E-state index contributed by atoms with van der Waals surface area (Å²) >= 11 is 0. The van der Waals surface area contributed by atoms with Crippen molar-refractivity contribution in [1.29, 1.82) is 0 Å². The number of carbonyl (C=O) groups excluding carboxylic acids is 1. The second-order valence-corrected chi connectivity index (χ2v) is 7.80. The van der Waals surface area contributed by atoms with E-state index >= 15 is 0 Å². The number of benzene rings is 2. The van der Waals surface area contributed by atoms with Crippen molar-refractivity contribution in [2.45, 2.75) is 33.8 Å². The summed E-state index contributed by atoms with van der Waals surface area (Å²) in [5, 5.41) is 9.15. The zero-order valence-corrected chi connectivity index (χ0v) is 16.3. The summed E-state index contributed by atoms with van der Waals surface area (Å²) in [6.07, 6.45) is 2.10. The number of rotatable bonds is 7. The average Bonchev–Trinajstić information content (AvgIpc) is 3.22. The molecule has 1 N–H and O–H groups in total. The van der Waals surface area contributed by atoms with Gasteiger partial charge in [0.25, 0.3) is 0 Å². The van der Waals surface area contributed by atoms with Gasteiger partial charge in [-0.2, -0.15) is 0 Å². The third kappa shape index (κ3) is 4.09. The average molecular weight is 380 g/mol. The van der Waals surface area contributed by atoms with Gasteiger partial charge < -0.3 is 14.6 Å². The number of ether oxygens (including phenoxy) is 2. The summed E-state index contributed by atoms with van der Waals surface area (Å²) in [4.78, 5) is 23.9. The summed E-state index contributed by atoms with van der Waals surface area (Å²) in [7, 11) is 0. The van der Waals surface area contributed by atoms with Gasteiger partial charge in [-0.3, -0.25) is 4.79 Å². The zero-order chi connectivity index (χ0) is 20.4. The van der Waals surface area contributed by atoms with Crippen LogP contribution in [0.25, 0.3) is 0 Å². The molecule has 0 radical (unpaired) electrons. The maximum Gasteiger partial charge on any atom is 0.330 e. The van der Waals surface area contributed by atoms with Crippen molar-refractivity contribution in [3.8, 4) is 11.5 Å². The van der Waals surface area contributed by atoms with Crippen LogP contribution in [-0.4, -0.2) is 17.0 Å². The number of para-hydroxylation sites is 1. The van der Waals surface area contributed by atoms with E-state index in [2.05, 4.69) is 0 Å². The molecule has 1 aliphatic carbocycles. The molecule has 0 aromatic heterocycles. The minimum atomic E-state index is -1.03. The first-order chi connectivity index (χ1) is 13.2. The highest BCUT2D eigenvalue weighted by molar-refractivity contribution is 5.90. The summed E-state index contributed by atoms with van der Waals surface area (Å²) in [6.45, 7) is 5.47. The highest BCUT2D eigenvalue weighted by Crippen LogP contribution is 2.65. The summed E-state index contributed by atoms with van der Waals surface area (Å²) < 4.78 is 11.3. The van der Waals surface area contributed by atoms with Gasteiger partial charge in [0.05, 0.1) is 5.41 Å². The summed E-state index contributed by atoms with van der Waals surface area (Å²) in [5.41, 5.74) is -0.248. The summed E-state index contributed by atoms with van der Waals surface area (Å²) in [6, 6.07) is 16.8. The minimum Gasteiger partial charge on any atom is -0.478 e. The maximum atomic E-state index is 12.8. The van der Waals surface area contributed by atoms with Crippen molar-refractivity contribution in [1.82, 2.24) is 0 Å². The minimum absolute atomic E-state index is 0.0998. The highest BCUT2D eigenvalue weighted by atomic mass is 16.5. The quantitative estimate of drug-likeness (QED) is 0.542. The number of hydrogen-bond acceptors (Lipinski definition) is 4. The van der Waals surface area contributed by atoms with Crippen LogP contribution >= 0.6 is 0 Å². The predicted molar refractivity (Wildman–Crippen MR) is 105 cm³/mol. The van der Waals surface area contributed by atoms with E-state index in [0.29, 0.717) is 12.2 Å².